The highest BCUT2D eigenvalue weighted by Crippen LogP contribution is 2.27. The van der Waals surface area contributed by atoms with Crippen LogP contribution in [-0.2, 0) is 11.3 Å². The van der Waals surface area contributed by atoms with Gasteiger partial charge < -0.3 is 9.64 Å². The summed E-state index contributed by atoms with van der Waals surface area (Å²) >= 11 is 0. The van der Waals surface area contributed by atoms with E-state index in [4.69, 9.17) is 4.74 Å². The van der Waals surface area contributed by atoms with Crippen molar-refractivity contribution in [1.29, 1.82) is 0 Å². The van der Waals surface area contributed by atoms with E-state index in [9.17, 15) is 4.79 Å². The van der Waals surface area contributed by atoms with E-state index in [1.165, 1.54) is 5.56 Å². The van der Waals surface area contributed by atoms with Gasteiger partial charge in [-0.15, -0.1) is 0 Å². The summed E-state index contributed by atoms with van der Waals surface area (Å²) in [6.45, 7) is 4.29. The summed E-state index contributed by atoms with van der Waals surface area (Å²) in [6, 6.07) is 6.34. The van der Waals surface area contributed by atoms with Crippen LogP contribution in [0.1, 0.15) is 27.9 Å². The number of ether oxygens (including phenoxy) is 1. The van der Waals surface area contributed by atoms with E-state index in [-0.39, 0.29) is 11.9 Å². The number of fused-ring (bicyclic) bond motifs is 1. The lowest BCUT2D eigenvalue weighted by Gasteiger charge is -2.21. The molecule has 0 aromatic heterocycles. The van der Waals surface area contributed by atoms with E-state index in [1.54, 1.807) is 0 Å². The molecular weight excluding hydrogens is 202 g/mol. The summed E-state index contributed by atoms with van der Waals surface area (Å²) in [5, 5.41) is 0. The Hall–Kier alpha value is -1.35. The molecule has 0 aliphatic carbocycles. The van der Waals surface area contributed by atoms with Gasteiger partial charge in [-0.1, -0.05) is 17.7 Å². The summed E-state index contributed by atoms with van der Waals surface area (Å²) in [5.74, 6) is 0.172. The fraction of sp³-hybridized carbons (Fsp3) is 0.462. The molecule has 0 bridgehead atoms. The van der Waals surface area contributed by atoms with Crippen molar-refractivity contribution in [3.05, 3.63) is 34.9 Å². The molecule has 1 aromatic rings. The number of rotatable bonds is 1. The lowest BCUT2D eigenvalue weighted by atomic mass is 10.1. The lowest BCUT2D eigenvalue weighted by Crippen LogP contribution is -2.35. The summed E-state index contributed by atoms with van der Waals surface area (Å²) in [6.07, 6.45) is 0.971. The molecule has 1 atom stereocenters. The first-order valence-corrected chi connectivity index (χ1v) is 5.74. The van der Waals surface area contributed by atoms with Crippen molar-refractivity contribution in [2.24, 2.45) is 0 Å². The first-order chi connectivity index (χ1) is 7.75. The fourth-order valence-electron chi connectivity index (χ4n) is 2.53. The normalized spacial score (nSPS) is 23.9. The van der Waals surface area contributed by atoms with Gasteiger partial charge in [0.15, 0.2) is 0 Å². The third kappa shape index (κ3) is 1.43. The number of nitrogens with zero attached hydrogens (tertiary/aromatic N) is 1. The van der Waals surface area contributed by atoms with Gasteiger partial charge in [0.25, 0.3) is 5.91 Å². The maximum absolute atomic E-state index is 12.2. The summed E-state index contributed by atoms with van der Waals surface area (Å²) in [4.78, 5) is 14.1. The first kappa shape index (κ1) is 9.85. The predicted octanol–water partition coefficient (Wildman–Crippen LogP) is 1.74. The number of amides is 1. The molecule has 3 rings (SSSR count). The molecule has 2 aliphatic heterocycles. The van der Waals surface area contributed by atoms with Crippen molar-refractivity contribution in [1.82, 2.24) is 4.90 Å². The van der Waals surface area contributed by atoms with Gasteiger partial charge in [-0.05, 0) is 25.0 Å². The van der Waals surface area contributed by atoms with E-state index in [2.05, 4.69) is 13.0 Å². The number of hydrogen-bond donors (Lipinski definition) is 0. The predicted molar refractivity (Wildman–Crippen MR) is 60.3 cm³/mol. The highest BCUT2D eigenvalue weighted by Gasteiger charge is 2.34. The van der Waals surface area contributed by atoms with Crippen LogP contribution in [0.4, 0.5) is 0 Å². The minimum atomic E-state index is 0.172. The van der Waals surface area contributed by atoms with Gasteiger partial charge in [0, 0.05) is 18.7 Å². The molecule has 2 aliphatic rings. The second-order valence-electron chi connectivity index (χ2n) is 4.61. The second-order valence-corrected chi connectivity index (χ2v) is 4.61. The molecule has 3 nitrogen and oxygen atoms in total. The largest absolute Gasteiger partial charge is 0.379 e. The molecule has 1 saturated heterocycles. The molecule has 16 heavy (non-hydrogen) atoms. The van der Waals surface area contributed by atoms with Gasteiger partial charge >= 0.3 is 0 Å². The van der Waals surface area contributed by atoms with Crippen molar-refractivity contribution < 1.29 is 9.53 Å². The van der Waals surface area contributed by atoms with E-state index < -0.39 is 0 Å². The number of hydrogen-bond acceptors (Lipinski definition) is 2. The maximum Gasteiger partial charge on any atom is 0.254 e. The average molecular weight is 217 g/mol. The molecule has 1 amide bonds. The highest BCUT2D eigenvalue weighted by molar-refractivity contribution is 5.98. The van der Waals surface area contributed by atoms with Crippen LogP contribution in [0.25, 0.3) is 0 Å². The van der Waals surface area contributed by atoms with Crippen LogP contribution >= 0.6 is 0 Å². The van der Waals surface area contributed by atoms with Crippen LogP contribution in [0.15, 0.2) is 18.2 Å². The maximum atomic E-state index is 12.2. The number of benzene rings is 1. The number of carbonyl (C=O) groups is 1. The van der Waals surface area contributed by atoms with E-state index in [1.807, 2.05) is 17.0 Å². The lowest BCUT2D eigenvalue weighted by molar-refractivity contribution is 0.0679. The molecule has 2 heterocycles. The van der Waals surface area contributed by atoms with Crippen molar-refractivity contribution in [2.45, 2.75) is 25.9 Å². The van der Waals surface area contributed by atoms with Gasteiger partial charge in [0.1, 0.15) is 0 Å². The van der Waals surface area contributed by atoms with E-state index in [0.717, 1.165) is 30.7 Å². The summed E-state index contributed by atoms with van der Waals surface area (Å²) in [7, 11) is 0. The molecule has 3 heteroatoms. The van der Waals surface area contributed by atoms with Gasteiger partial charge in [0.05, 0.1) is 12.6 Å². The van der Waals surface area contributed by atoms with Crippen LogP contribution in [0.5, 0.6) is 0 Å². The Balaban J connectivity index is 1.90. The minimum absolute atomic E-state index is 0.172. The highest BCUT2D eigenvalue weighted by atomic mass is 16.5. The molecule has 0 radical (unpaired) electrons. The molecule has 84 valence electrons. The Morgan fingerprint density at radius 2 is 2.31 bits per heavy atom. The zero-order chi connectivity index (χ0) is 11.1. The number of carbonyl (C=O) groups excluding carboxylic acids is 1. The Morgan fingerprint density at radius 1 is 1.44 bits per heavy atom. The van der Waals surface area contributed by atoms with Crippen LogP contribution in [0, 0.1) is 6.92 Å². The van der Waals surface area contributed by atoms with E-state index >= 15 is 0 Å². The molecule has 1 fully saturated rings. The minimum Gasteiger partial charge on any atom is -0.379 e. The van der Waals surface area contributed by atoms with Crippen molar-refractivity contribution in [3.63, 3.8) is 0 Å². The Bertz CT molecular complexity index is 436. The average Bonchev–Trinajstić information content (AvgIpc) is 2.86. The zero-order valence-electron chi connectivity index (χ0n) is 9.40. The molecule has 0 saturated carbocycles. The Kier molecular flexibility index (Phi) is 2.21. The SMILES string of the molecule is Cc1ccc2c(c1)CN(C1CCOC1)C2=O. The summed E-state index contributed by atoms with van der Waals surface area (Å²) < 4.78 is 5.35. The third-order valence-electron chi connectivity index (χ3n) is 3.44. The van der Waals surface area contributed by atoms with Crippen molar-refractivity contribution in [2.75, 3.05) is 13.2 Å². The van der Waals surface area contributed by atoms with Gasteiger partial charge in [0.2, 0.25) is 0 Å². The molecule has 0 N–H and O–H groups in total. The van der Waals surface area contributed by atoms with Crippen molar-refractivity contribution >= 4 is 5.91 Å². The monoisotopic (exact) mass is 217 g/mol. The Labute approximate surface area is 95.0 Å². The van der Waals surface area contributed by atoms with Gasteiger partial charge in [-0.3, -0.25) is 4.79 Å². The standard InChI is InChI=1S/C13H15NO2/c1-9-2-3-12-10(6-9)7-14(13(12)15)11-4-5-16-8-11/h2-3,6,11H,4-5,7-8H2,1H3. The van der Waals surface area contributed by atoms with Crippen LogP contribution in [0.2, 0.25) is 0 Å². The fourth-order valence-corrected chi connectivity index (χ4v) is 2.53. The quantitative estimate of drug-likeness (QED) is 0.717. The summed E-state index contributed by atoms with van der Waals surface area (Å²) in [5.41, 5.74) is 3.26. The van der Waals surface area contributed by atoms with Crippen LogP contribution < -0.4 is 0 Å². The topological polar surface area (TPSA) is 29.5 Å². The molecular formula is C13H15NO2. The Morgan fingerprint density at radius 3 is 3.06 bits per heavy atom. The second kappa shape index (κ2) is 3.59. The van der Waals surface area contributed by atoms with Gasteiger partial charge in [-0.2, -0.15) is 0 Å². The van der Waals surface area contributed by atoms with Gasteiger partial charge in [-0.25, -0.2) is 0 Å². The van der Waals surface area contributed by atoms with E-state index in [0.29, 0.717) is 6.61 Å². The smallest absolute Gasteiger partial charge is 0.254 e. The molecule has 1 aromatic carbocycles. The van der Waals surface area contributed by atoms with Crippen molar-refractivity contribution in [3.8, 4) is 0 Å². The third-order valence-corrected chi connectivity index (χ3v) is 3.44. The van der Waals surface area contributed by atoms with Crippen LogP contribution in [-0.4, -0.2) is 30.1 Å². The zero-order valence-corrected chi connectivity index (χ0v) is 9.40. The molecule has 0 spiro atoms. The molecule has 1 unspecified atom stereocenters. The van der Waals surface area contributed by atoms with Crippen LogP contribution in [0.3, 0.4) is 0 Å². The first-order valence-electron chi connectivity index (χ1n) is 5.74. The number of aryl methyl sites for hydroxylation is 1.